The molecule has 0 unspecified atom stereocenters. The Morgan fingerprint density at radius 1 is 1.15 bits per heavy atom. The van der Waals surface area contributed by atoms with Crippen molar-refractivity contribution in [1.82, 2.24) is 19.9 Å². The summed E-state index contributed by atoms with van der Waals surface area (Å²) in [5.74, 6) is 0.866. The van der Waals surface area contributed by atoms with Gasteiger partial charge in [0.25, 0.3) is 0 Å². The van der Waals surface area contributed by atoms with Crippen molar-refractivity contribution in [1.29, 1.82) is 0 Å². The lowest BCUT2D eigenvalue weighted by molar-refractivity contribution is -0.125. The third-order valence-corrected chi connectivity index (χ3v) is 6.48. The van der Waals surface area contributed by atoms with Crippen LogP contribution in [0.25, 0.3) is 16.8 Å². The number of hydrogen-bond acceptors (Lipinski definition) is 4. The SMILES string of the molecule is C[C@@H](NC(=O)[C@@H]1CCCN(c2nccn3nc(-c4cccc(Cl)c4)cc23)C1)c1ccccc1. The van der Waals surface area contributed by atoms with Crippen LogP contribution >= 0.6 is 11.6 Å². The molecule has 2 atom stereocenters. The maximum absolute atomic E-state index is 13.1. The highest BCUT2D eigenvalue weighted by atomic mass is 35.5. The number of piperidine rings is 1. The minimum Gasteiger partial charge on any atom is -0.354 e. The molecule has 1 saturated heterocycles. The quantitative estimate of drug-likeness (QED) is 0.448. The van der Waals surface area contributed by atoms with E-state index in [1.807, 2.05) is 78.3 Å². The molecule has 0 radical (unpaired) electrons. The fourth-order valence-corrected chi connectivity index (χ4v) is 4.67. The summed E-state index contributed by atoms with van der Waals surface area (Å²) in [5, 5.41) is 8.59. The number of hydrogen-bond donors (Lipinski definition) is 1. The van der Waals surface area contributed by atoms with Crippen molar-refractivity contribution in [3.05, 3.63) is 83.6 Å². The first kappa shape index (κ1) is 21.5. The number of nitrogens with one attached hydrogen (secondary N) is 1. The highest BCUT2D eigenvalue weighted by Crippen LogP contribution is 2.29. The van der Waals surface area contributed by atoms with Gasteiger partial charge in [-0.25, -0.2) is 9.50 Å². The van der Waals surface area contributed by atoms with Crippen molar-refractivity contribution >= 4 is 28.8 Å². The Morgan fingerprint density at radius 3 is 2.82 bits per heavy atom. The molecular weight excluding hydrogens is 434 g/mol. The first-order valence-electron chi connectivity index (χ1n) is 11.3. The molecule has 0 aliphatic carbocycles. The summed E-state index contributed by atoms with van der Waals surface area (Å²) in [6.45, 7) is 3.53. The van der Waals surface area contributed by atoms with Gasteiger partial charge in [-0.2, -0.15) is 5.10 Å². The molecule has 2 aromatic carbocycles. The molecule has 7 heteroatoms. The van der Waals surface area contributed by atoms with Crippen molar-refractivity contribution in [3.63, 3.8) is 0 Å². The van der Waals surface area contributed by atoms with Crippen molar-refractivity contribution < 1.29 is 4.79 Å². The van der Waals surface area contributed by atoms with E-state index in [1.165, 1.54) is 0 Å². The van der Waals surface area contributed by atoms with Gasteiger partial charge in [-0.1, -0.05) is 54.1 Å². The maximum Gasteiger partial charge on any atom is 0.225 e. The van der Waals surface area contributed by atoms with Crippen LogP contribution in [0.5, 0.6) is 0 Å². The van der Waals surface area contributed by atoms with Gasteiger partial charge >= 0.3 is 0 Å². The summed E-state index contributed by atoms with van der Waals surface area (Å²) in [4.78, 5) is 19.9. The average Bonchev–Trinajstić information content (AvgIpc) is 3.29. The number of fused-ring (bicyclic) bond motifs is 1. The molecular formula is C26H26ClN5O. The first-order chi connectivity index (χ1) is 16.1. The maximum atomic E-state index is 13.1. The molecule has 33 heavy (non-hydrogen) atoms. The first-order valence-corrected chi connectivity index (χ1v) is 11.7. The van der Waals surface area contributed by atoms with E-state index in [0.717, 1.165) is 47.5 Å². The van der Waals surface area contributed by atoms with E-state index in [-0.39, 0.29) is 17.9 Å². The zero-order chi connectivity index (χ0) is 22.8. The molecule has 168 valence electrons. The second kappa shape index (κ2) is 9.24. The fourth-order valence-electron chi connectivity index (χ4n) is 4.48. The van der Waals surface area contributed by atoms with Crippen LogP contribution in [0.1, 0.15) is 31.4 Å². The van der Waals surface area contributed by atoms with Gasteiger partial charge in [0.05, 0.1) is 17.7 Å². The Bertz CT molecular complexity index is 1270. The summed E-state index contributed by atoms with van der Waals surface area (Å²) >= 11 is 6.17. The topological polar surface area (TPSA) is 62.5 Å². The number of anilines is 1. The number of amides is 1. The number of carbonyl (C=O) groups excluding carboxylic acids is 1. The second-order valence-corrected chi connectivity index (χ2v) is 8.98. The zero-order valence-corrected chi connectivity index (χ0v) is 19.2. The molecule has 1 aliphatic rings. The monoisotopic (exact) mass is 459 g/mol. The van der Waals surface area contributed by atoms with E-state index < -0.39 is 0 Å². The Labute approximate surface area is 198 Å². The predicted molar refractivity (Wildman–Crippen MR) is 131 cm³/mol. The lowest BCUT2D eigenvalue weighted by atomic mass is 9.96. The third kappa shape index (κ3) is 4.57. The van der Waals surface area contributed by atoms with E-state index in [2.05, 4.69) is 15.2 Å². The minimum atomic E-state index is -0.0812. The number of benzene rings is 2. The molecule has 4 aromatic rings. The van der Waals surface area contributed by atoms with Gasteiger partial charge in [-0.15, -0.1) is 0 Å². The largest absolute Gasteiger partial charge is 0.354 e. The standard InChI is InChI=1S/C26H26ClN5O/c1-18(19-7-3-2-4-8-19)29-26(33)21-10-6-13-31(17-21)25-24-16-23(30-32(24)14-12-28-25)20-9-5-11-22(27)15-20/h2-5,7-9,11-12,14-16,18,21H,6,10,13,17H2,1H3,(H,29,33)/t18-,21-/m1/s1. The van der Waals surface area contributed by atoms with Crippen LogP contribution in [0.4, 0.5) is 5.82 Å². The number of aromatic nitrogens is 3. The summed E-state index contributed by atoms with van der Waals surface area (Å²) < 4.78 is 1.85. The molecule has 0 spiro atoms. The lowest BCUT2D eigenvalue weighted by Crippen LogP contribution is -2.44. The van der Waals surface area contributed by atoms with Crippen LogP contribution in [0.3, 0.4) is 0 Å². The van der Waals surface area contributed by atoms with Crippen molar-refractivity contribution in [2.24, 2.45) is 5.92 Å². The van der Waals surface area contributed by atoms with E-state index in [1.54, 1.807) is 6.20 Å². The Balaban J connectivity index is 1.36. The number of rotatable bonds is 5. The van der Waals surface area contributed by atoms with E-state index >= 15 is 0 Å². The van der Waals surface area contributed by atoms with Gasteiger partial charge < -0.3 is 10.2 Å². The van der Waals surface area contributed by atoms with Crippen LogP contribution in [0, 0.1) is 5.92 Å². The summed E-state index contributed by atoms with van der Waals surface area (Å²) in [6, 6.07) is 19.8. The third-order valence-electron chi connectivity index (χ3n) is 6.24. The van der Waals surface area contributed by atoms with Crippen molar-refractivity contribution in [2.75, 3.05) is 18.0 Å². The number of nitrogens with zero attached hydrogens (tertiary/aromatic N) is 4. The van der Waals surface area contributed by atoms with Gasteiger partial charge in [0.15, 0.2) is 5.82 Å². The minimum absolute atomic E-state index is 0.0225. The van der Waals surface area contributed by atoms with Gasteiger partial charge in [-0.05, 0) is 43.5 Å². The molecule has 1 amide bonds. The molecule has 6 nitrogen and oxygen atoms in total. The molecule has 1 N–H and O–H groups in total. The van der Waals surface area contributed by atoms with Gasteiger partial charge in [0.1, 0.15) is 5.52 Å². The molecule has 5 rings (SSSR count). The fraction of sp³-hybridized carbons (Fsp3) is 0.269. The summed E-state index contributed by atoms with van der Waals surface area (Å²) in [7, 11) is 0. The van der Waals surface area contributed by atoms with Crippen LogP contribution in [-0.4, -0.2) is 33.6 Å². The van der Waals surface area contributed by atoms with Crippen molar-refractivity contribution in [3.8, 4) is 11.3 Å². The molecule has 2 aromatic heterocycles. The summed E-state index contributed by atoms with van der Waals surface area (Å²) in [6.07, 6.45) is 5.43. The molecule has 3 heterocycles. The van der Waals surface area contributed by atoms with Crippen molar-refractivity contribution in [2.45, 2.75) is 25.8 Å². The van der Waals surface area contributed by atoms with Gasteiger partial charge in [-0.3, -0.25) is 4.79 Å². The lowest BCUT2D eigenvalue weighted by Gasteiger charge is -2.33. The van der Waals surface area contributed by atoms with Gasteiger partial charge in [0.2, 0.25) is 5.91 Å². The molecule has 0 bridgehead atoms. The molecule has 0 saturated carbocycles. The van der Waals surface area contributed by atoms with E-state index in [0.29, 0.717) is 11.6 Å². The van der Waals surface area contributed by atoms with E-state index in [4.69, 9.17) is 16.7 Å². The number of halogens is 1. The zero-order valence-electron chi connectivity index (χ0n) is 18.5. The Kier molecular flexibility index (Phi) is 6.01. The highest BCUT2D eigenvalue weighted by molar-refractivity contribution is 6.30. The predicted octanol–water partition coefficient (Wildman–Crippen LogP) is 5.14. The smallest absolute Gasteiger partial charge is 0.225 e. The number of carbonyl (C=O) groups is 1. The summed E-state index contributed by atoms with van der Waals surface area (Å²) in [5.41, 5.74) is 3.83. The average molecular weight is 460 g/mol. The Morgan fingerprint density at radius 2 is 2.00 bits per heavy atom. The van der Waals surface area contributed by atoms with Gasteiger partial charge in [0, 0.05) is 36.1 Å². The highest BCUT2D eigenvalue weighted by Gasteiger charge is 2.28. The normalized spacial score (nSPS) is 17.2. The molecule has 1 aliphatic heterocycles. The Hall–Kier alpha value is -3.38. The second-order valence-electron chi connectivity index (χ2n) is 8.55. The molecule has 1 fully saturated rings. The van der Waals surface area contributed by atoms with Crippen LogP contribution in [0.15, 0.2) is 73.1 Å². The van der Waals surface area contributed by atoms with Crippen LogP contribution in [0.2, 0.25) is 5.02 Å². The van der Waals surface area contributed by atoms with Crippen LogP contribution < -0.4 is 10.2 Å². The van der Waals surface area contributed by atoms with E-state index in [9.17, 15) is 4.79 Å². The van der Waals surface area contributed by atoms with Crippen LogP contribution in [-0.2, 0) is 4.79 Å².